The molecule has 0 radical (unpaired) electrons. The fraction of sp³-hybridized carbons (Fsp3) is 0.462. The number of hydrogen-bond acceptors (Lipinski definition) is 5. The number of aryl methyl sites for hydroxylation is 1. The molecule has 1 aromatic carbocycles. The van der Waals surface area contributed by atoms with Crippen molar-refractivity contribution in [1.82, 2.24) is 0 Å². The molecule has 1 rings (SSSR count). The average molecular weight is 263 g/mol. The average Bonchev–Trinajstić information content (AvgIpc) is 2.38. The van der Waals surface area contributed by atoms with Crippen molar-refractivity contribution in [2.45, 2.75) is 13.3 Å². The summed E-state index contributed by atoms with van der Waals surface area (Å²) in [6, 6.07) is 7.07. The highest BCUT2D eigenvalue weighted by atomic mass is 16.6. The second-order valence-electron chi connectivity index (χ2n) is 4.12. The molecule has 102 valence electrons. The van der Waals surface area contributed by atoms with E-state index in [4.69, 9.17) is 10.00 Å². The minimum atomic E-state index is -0.395. The van der Waals surface area contributed by atoms with E-state index in [-0.39, 0.29) is 5.69 Å². The summed E-state index contributed by atoms with van der Waals surface area (Å²) in [6.45, 7) is 3.48. The summed E-state index contributed by atoms with van der Waals surface area (Å²) in [5, 5.41) is 19.4. The number of hydrogen-bond donors (Lipinski definition) is 0. The van der Waals surface area contributed by atoms with E-state index in [9.17, 15) is 10.1 Å². The van der Waals surface area contributed by atoms with E-state index in [0.717, 1.165) is 5.69 Å². The lowest BCUT2D eigenvalue weighted by Gasteiger charge is -2.23. The fourth-order valence-corrected chi connectivity index (χ4v) is 1.80. The highest BCUT2D eigenvalue weighted by Crippen LogP contribution is 2.24. The third-order valence-corrected chi connectivity index (χ3v) is 2.80. The van der Waals surface area contributed by atoms with Crippen molar-refractivity contribution in [2.75, 3.05) is 31.7 Å². The van der Waals surface area contributed by atoms with Crippen molar-refractivity contribution < 1.29 is 9.66 Å². The van der Waals surface area contributed by atoms with Crippen molar-refractivity contribution >= 4 is 11.4 Å². The summed E-state index contributed by atoms with van der Waals surface area (Å²) in [7, 11) is 1.61. The SMILES string of the molecule is COCCN(CCC#N)c1ccc([N+](=O)[O-])c(C)c1. The van der Waals surface area contributed by atoms with Crippen LogP contribution in [0.3, 0.4) is 0 Å². The minimum absolute atomic E-state index is 0.107. The molecule has 0 spiro atoms. The fourth-order valence-electron chi connectivity index (χ4n) is 1.80. The van der Waals surface area contributed by atoms with Crippen LogP contribution in [0.1, 0.15) is 12.0 Å². The van der Waals surface area contributed by atoms with Crippen LogP contribution in [0.25, 0.3) is 0 Å². The summed E-state index contributed by atoms with van der Waals surface area (Å²) in [5.74, 6) is 0. The highest BCUT2D eigenvalue weighted by Gasteiger charge is 2.13. The van der Waals surface area contributed by atoms with Crippen LogP contribution in [0.15, 0.2) is 18.2 Å². The molecule has 0 saturated heterocycles. The highest BCUT2D eigenvalue weighted by molar-refractivity contribution is 5.55. The monoisotopic (exact) mass is 263 g/mol. The molecule has 0 N–H and O–H groups in total. The van der Waals surface area contributed by atoms with Crippen LogP contribution in [0.5, 0.6) is 0 Å². The number of nitro benzene ring substituents is 1. The lowest BCUT2D eigenvalue weighted by atomic mass is 10.1. The van der Waals surface area contributed by atoms with E-state index in [2.05, 4.69) is 6.07 Å². The number of nitrogens with zero attached hydrogens (tertiary/aromatic N) is 3. The molecule has 0 aromatic heterocycles. The molecular weight excluding hydrogens is 246 g/mol. The lowest BCUT2D eigenvalue weighted by Crippen LogP contribution is -2.28. The summed E-state index contributed by atoms with van der Waals surface area (Å²) in [6.07, 6.45) is 0.403. The molecule has 19 heavy (non-hydrogen) atoms. The zero-order valence-electron chi connectivity index (χ0n) is 11.1. The Morgan fingerprint density at radius 1 is 1.47 bits per heavy atom. The summed E-state index contributed by atoms with van der Waals surface area (Å²) in [5.41, 5.74) is 1.59. The molecule has 0 unspecified atom stereocenters. The minimum Gasteiger partial charge on any atom is -0.383 e. The zero-order valence-corrected chi connectivity index (χ0v) is 11.1. The molecule has 0 amide bonds. The second-order valence-corrected chi connectivity index (χ2v) is 4.12. The molecule has 0 aliphatic carbocycles. The molecule has 0 heterocycles. The normalized spacial score (nSPS) is 9.95. The van der Waals surface area contributed by atoms with E-state index in [1.165, 1.54) is 6.07 Å². The maximum Gasteiger partial charge on any atom is 0.272 e. The Morgan fingerprint density at radius 3 is 2.74 bits per heavy atom. The van der Waals surface area contributed by atoms with Crippen LogP contribution >= 0.6 is 0 Å². The van der Waals surface area contributed by atoms with Crippen LogP contribution in [-0.2, 0) is 4.74 Å². The Morgan fingerprint density at radius 2 is 2.21 bits per heavy atom. The van der Waals surface area contributed by atoms with Gasteiger partial charge in [0.05, 0.1) is 24.0 Å². The number of rotatable bonds is 7. The van der Waals surface area contributed by atoms with E-state index >= 15 is 0 Å². The molecular formula is C13H17N3O3. The Bertz CT molecular complexity index is 483. The van der Waals surface area contributed by atoms with Gasteiger partial charge in [0.1, 0.15) is 0 Å². The van der Waals surface area contributed by atoms with Gasteiger partial charge in [-0.25, -0.2) is 0 Å². The summed E-state index contributed by atoms with van der Waals surface area (Å²) in [4.78, 5) is 12.4. The Labute approximate surface area is 112 Å². The van der Waals surface area contributed by atoms with Gasteiger partial charge in [0.25, 0.3) is 5.69 Å². The standard InChI is InChI=1S/C13H17N3O3/c1-11-10-12(4-5-13(11)16(17)18)15(7-3-6-14)8-9-19-2/h4-5,10H,3,7-9H2,1-2H3. The van der Waals surface area contributed by atoms with Crippen LogP contribution in [0, 0.1) is 28.4 Å². The van der Waals surface area contributed by atoms with Gasteiger partial charge in [-0.1, -0.05) is 0 Å². The maximum atomic E-state index is 10.8. The first-order chi connectivity index (χ1) is 9.10. The van der Waals surface area contributed by atoms with Gasteiger partial charge >= 0.3 is 0 Å². The maximum absolute atomic E-state index is 10.8. The molecule has 0 fully saturated rings. The molecule has 1 aromatic rings. The van der Waals surface area contributed by atoms with Gasteiger partial charge in [-0.15, -0.1) is 0 Å². The van der Waals surface area contributed by atoms with Crippen molar-refractivity contribution in [3.05, 3.63) is 33.9 Å². The predicted octanol–water partition coefficient (Wildman–Crippen LogP) is 2.27. The first-order valence-corrected chi connectivity index (χ1v) is 5.96. The van der Waals surface area contributed by atoms with Gasteiger partial charge in [-0.2, -0.15) is 5.26 Å². The number of nitro groups is 1. The van der Waals surface area contributed by atoms with Crippen LogP contribution in [0.2, 0.25) is 0 Å². The van der Waals surface area contributed by atoms with Crippen LogP contribution < -0.4 is 4.90 Å². The number of benzene rings is 1. The Kier molecular flexibility index (Phi) is 5.76. The molecule has 0 saturated carbocycles. The van der Waals surface area contributed by atoms with Crippen LogP contribution in [-0.4, -0.2) is 31.7 Å². The van der Waals surface area contributed by atoms with Crippen molar-refractivity contribution in [2.24, 2.45) is 0 Å². The smallest absolute Gasteiger partial charge is 0.272 e. The largest absolute Gasteiger partial charge is 0.383 e. The zero-order chi connectivity index (χ0) is 14.3. The van der Waals surface area contributed by atoms with Gasteiger partial charge in [0.15, 0.2) is 0 Å². The van der Waals surface area contributed by atoms with Crippen molar-refractivity contribution in [3.63, 3.8) is 0 Å². The Hall–Kier alpha value is -2.13. The number of nitriles is 1. The van der Waals surface area contributed by atoms with Crippen LogP contribution in [0.4, 0.5) is 11.4 Å². The van der Waals surface area contributed by atoms with E-state index < -0.39 is 4.92 Å². The van der Waals surface area contributed by atoms with Gasteiger partial charge < -0.3 is 9.64 Å². The van der Waals surface area contributed by atoms with E-state index in [0.29, 0.717) is 31.7 Å². The molecule has 0 bridgehead atoms. The van der Waals surface area contributed by atoms with Gasteiger partial charge in [0.2, 0.25) is 0 Å². The first kappa shape index (κ1) is 14.9. The molecule has 6 heteroatoms. The molecule has 0 aliphatic rings. The van der Waals surface area contributed by atoms with Crippen molar-refractivity contribution in [1.29, 1.82) is 5.26 Å². The van der Waals surface area contributed by atoms with Gasteiger partial charge in [-0.05, 0) is 19.1 Å². The van der Waals surface area contributed by atoms with E-state index in [1.807, 2.05) is 4.90 Å². The quantitative estimate of drug-likeness (QED) is 0.557. The number of anilines is 1. The molecule has 6 nitrogen and oxygen atoms in total. The summed E-state index contributed by atoms with van der Waals surface area (Å²) < 4.78 is 5.03. The molecule has 0 aliphatic heterocycles. The Balaban J connectivity index is 2.92. The predicted molar refractivity (Wildman–Crippen MR) is 72.2 cm³/mol. The first-order valence-electron chi connectivity index (χ1n) is 5.96. The lowest BCUT2D eigenvalue weighted by molar-refractivity contribution is -0.385. The number of methoxy groups -OCH3 is 1. The number of ether oxygens (including phenoxy) is 1. The van der Waals surface area contributed by atoms with E-state index in [1.54, 1.807) is 26.2 Å². The topological polar surface area (TPSA) is 79.4 Å². The van der Waals surface area contributed by atoms with Crippen molar-refractivity contribution in [3.8, 4) is 6.07 Å². The third kappa shape index (κ3) is 4.23. The molecule has 0 atom stereocenters. The summed E-state index contributed by atoms with van der Waals surface area (Å²) >= 11 is 0. The third-order valence-electron chi connectivity index (χ3n) is 2.80. The van der Waals surface area contributed by atoms with Gasteiger partial charge in [0, 0.05) is 37.5 Å². The van der Waals surface area contributed by atoms with Gasteiger partial charge in [-0.3, -0.25) is 10.1 Å². The second kappa shape index (κ2) is 7.34.